The molecule has 0 radical (unpaired) electrons. The van der Waals surface area contributed by atoms with E-state index in [4.69, 9.17) is 5.11 Å². The lowest BCUT2D eigenvalue weighted by Crippen LogP contribution is -2.32. The van der Waals surface area contributed by atoms with E-state index in [0.29, 0.717) is 29.8 Å². The molecule has 2 rings (SSSR count). The maximum absolute atomic E-state index is 12.7. The predicted octanol–water partition coefficient (Wildman–Crippen LogP) is 2.63. The van der Waals surface area contributed by atoms with Gasteiger partial charge in [0.2, 0.25) is 10.0 Å². The molecular weight excluding hydrogens is 286 g/mol. The molecular formula is C16H25NO3S. The van der Waals surface area contributed by atoms with Gasteiger partial charge in [-0.1, -0.05) is 26.0 Å². The molecule has 1 aromatic rings. The summed E-state index contributed by atoms with van der Waals surface area (Å²) in [5.41, 5.74) is 0.727. The third-order valence-electron chi connectivity index (χ3n) is 4.42. The molecule has 5 heteroatoms. The Labute approximate surface area is 127 Å². The summed E-state index contributed by atoms with van der Waals surface area (Å²) in [6, 6.07) is 6.51. The highest BCUT2D eigenvalue weighted by atomic mass is 32.2. The minimum atomic E-state index is -3.41. The first-order valence-electron chi connectivity index (χ1n) is 7.65. The molecule has 0 bridgehead atoms. The number of hydrogen-bond acceptors (Lipinski definition) is 3. The summed E-state index contributed by atoms with van der Waals surface area (Å²) < 4.78 is 27.0. The summed E-state index contributed by atoms with van der Waals surface area (Å²) in [4.78, 5) is 0.322. The average Bonchev–Trinajstić information content (AvgIpc) is 2.73. The molecule has 1 N–H and O–H groups in total. The molecule has 1 atom stereocenters. The van der Waals surface area contributed by atoms with Crippen LogP contribution in [0.2, 0.25) is 0 Å². The first-order valence-corrected chi connectivity index (χ1v) is 9.09. The van der Waals surface area contributed by atoms with Gasteiger partial charge in [-0.3, -0.25) is 0 Å². The van der Waals surface area contributed by atoms with Gasteiger partial charge in [-0.2, -0.15) is 4.31 Å². The molecule has 0 aliphatic carbocycles. The summed E-state index contributed by atoms with van der Waals surface area (Å²) in [5, 5.41) is 9.04. The molecule has 1 aliphatic rings. The number of aliphatic hydroxyl groups excluding tert-OH is 1. The zero-order chi connectivity index (χ0) is 15.5. The van der Waals surface area contributed by atoms with E-state index in [0.717, 1.165) is 24.8 Å². The van der Waals surface area contributed by atoms with Crippen LogP contribution in [0.4, 0.5) is 0 Å². The van der Waals surface area contributed by atoms with Crippen molar-refractivity contribution in [3.05, 3.63) is 29.8 Å². The van der Waals surface area contributed by atoms with Crippen LogP contribution in [0.5, 0.6) is 0 Å². The lowest BCUT2D eigenvalue weighted by atomic mass is 9.89. The second kappa shape index (κ2) is 6.90. The SMILES string of the molecule is CC(C)C1CCCN(S(=O)(=O)c2ccc(CO)cc2)CC1. The van der Waals surface area contributed by atoms with Gasteiger partial charge in [0, 0.05) is 13.1 Å². The molecule has 1 saturated heterocycles. The molecule has 1 fully saturated rings. The van der Waals surface area contributed by atoms with Crippen LogP contribution in [-0.4, -0.2) is 30.9 Å². The standard InChI is InChI=1S/C16H25NO3S/c1-13(2)15-4-3-10-17(11-9-15)21(19,20)16-7-5-14(12-18)6-8-16/h5-8,13,15,18H,3-4,9-12H2,1-2H3. The van der Waals surface area contributed by atoms with Crippen LogP contribution in [0.3, 0.4) is 0 Å². The number of aliphatic hydroxyl groups is 1. The Kier molecular flexibility index (Phi) is 5.41. The van der Waals surface area contributed by atoms with E-state index < -0.39 is 10.0 Å². The monoisotopic (exact) mass is 311 g/mol. The minimum Gasteiger partial charge on any atom is -0.392 e. The van der Waals surface area contributed by atoms with Gasteiger partial charge in [-0.25, -0.2) is 8.42 Å². The topological polar surface area (TPSA) is 57.6 Å². The van der Waals surface area contributed by atoms with Gasteiger partial charge in [0.15, 0.2) is 0 Å². The Bertz CT molecular complexity index is 551. The second-order valence-corrected chi connectivity index (χ2v) is 8.08. The molecule has 118 valence electrons. The molecule has 21 heavy (non-hydrogen) atoms. The van der Waals surface area contributed by atoms with Crippen LogP contribution in [-0.2, 0) is 16.6 Å². The Morgan fingerprint density at radius 3 is 2.43 bits per heavy atom. The van der Waals surface area contributed by atoms with Crippen molar-refractivity contribution >= 4 is 10.0 Å². The Hall–Kier alpha value is -0.910. The maximum Gasteiger partial charge on any atom is 0.243 e. The summed E-state index contributed by atoms with van der Waals surface area (Å²) in [6.45, 7) is 5.56. The molecule has 1 unspecified atom stereocenters. The van der Waals surface area contributed by atoms with Crippen molar-refractivity contribution in [2.45, 2.75) is 44.6 Å². The molecule has 0 amide bonds. The van der Waals surface area contributed by atoms with E-state index in [2.05, 4.69) is 13.8 Å². The third-order valence-corrected chi connectivity index (χ3v) is 6.33. The third kappa shape index (κ3) is 3.84. The predicted molar refractivity (Wildman–Crippen MR) is 83.3 cm³/mol. The Balaban J connectivity index is 2.15. The average molecular weight is 311 g/mol. The van der Waals surface area contributed by atoms with Crippen molar-refractivity contribution in [2.24, 2.45) is 11.8 Å². The van der Waals surface area contributed by atoms with Crippen molar-refractivity contribution in [3.63, 3.8) is 0 Å². The molecule has 1 aliphatic heterocycles. The van der Waals surface area contributed by atoms with Crippen molar-refractivity contribution in [3.8, 4) is 0 Å². The van der Waals surface area contributed by atoms with Crippen molar-refractivity contribution < 1.29 is 13.5 Å². The number of rotatable bonds is 4. The van der Waals surface area contributed by atoms with Gasteiger partial charge >= 0.3 is 0 Å². The fourth-order valence-corrected chi connectivity index (χ4v) is 4.41. The zero-order valence-electron chi connectivity index (χ0n) is 12.8. The Morgan fingerprint density at radius 2 is 1.86 bits per heavy atom. The molecule has 0 saturated carbocycles. The van der Waals surface area contributed by atoms with Gasteiger partial charge < -0.3 is 5.11 Å². The highest BCUT2D eigenvalue weighted by Gasteiger charge is 2.28. The maximum atomic E-state index is 12.7. The Morgan fingerprint density at radius 1 is 1.19 bits per heavy atom. The lowest BCUT2D eigenvalue weighted by molar-refractivity contribution is 0.281. The molecule has 1 heterocycles. The van der Waals surface area contributed by atoms with Crippen LogP contribution >= 0.6 is 0 Å². The van der Waals surface area contributed by atoms with E-state index in [1.165, 1.54) is 0 Å². The molecule has 0 spiro atoms. The number of benzene rings is 1. The summed E-state index contributed by atoms with van der Waals surface area (Å²) in [7, 11) is -3.41. The first kappa shape index (κ1) is 16.5. The van der Waals surface area contributed by atoms with Crippen LogP contribution in [0.25, 0.3) is 0 Å². The lowest BCUT2D eigenvalue weighted by Gasteiger charge is -2.21. The molecule has 0 aromatic heterocycles. The highest BCUT2D eigenvalue weighted by molar-refractivity contribution is 7.89. The quantitative estimate of drug-likeness (QED) is 0.930. The van der Waals surface area contributed by atoms with Crippen molar-refractivity contribution in [1.82, 2.24) is 4.31 Å². The van der Waals surface area contributed by atoms with Gasteiger partial charge in [-0.15, -0.1) is 0 Å². The first-order chi connectivity index (χ1) is 9.95. The van der Waals surface area contributed by atoms with Crippen molar-refractivity contribution in [1.29, 1.82) is 0 Å². The summed E-state index contributed by atoms with van der Waals surface area (Å²) >= 11 is 0. The number of hydrogen-bond donors (Lipinski definition) is 1. The largest absolute Gasteiger partial charge is 0.392 e. The van der Waals surface area contributed by atoms with E-state index in [-0.39, 0.29) is 6.61 Å². The van der Waals surface area contributed by atoms with Crippen LogP contribution < -0.4 is 0 Å². The number of nitrogens with zero attached hydrogens (tertiary/aromatic N) is 1. The van der Waals surface area contributed by atoms with Crippen LogP contribution in [0, 0.1) is 11.8 Å². The van der Waals surface area contributed by atoms with Crippen LogP contribution in [0.15, 0.2) is 29.2 Å². The van der Waals surface area contributed by atoms with Gasteiger partial charge in [0.05, 0.1) is 11.5 Å². The fourth-order valence-electron chi connectivity index (χ4n) is 2.92. The zero-order valence-corrected chi connectivity index (χ0v) is 13.6. The molecule has 4 nitrogen and oxygen atoms in total. The smallest absolute Gasteiger partial charge is 0.243 e. The van der Waals surface area contributed by atoms with Gasteiger partial charge in [0.1, 0.15) is 0 Å². The van der Waals surface area contributed by atoms with E-state index >= 15 is 0 Å². The van der Waals surface area contributed by atoms with E-state index in [1.54, 1.807) is 28.6 Å². The van der Waals surface area contributed by atoms with Gasteiger partial charge in [-0.05, 0) is 48.8 Å². The van der Waals surface area contributed by atoms with E-state index in [9.17, 15) is 8.42 Å². The van der Waals surface area contributed by atoms with Gasteiger partial charge in [0.25, 0.3) is 0 Å². The normalized spacial score (nSPS) is 21.4. The van der Waals surface area contributed by atoms with E-state index in [1.807, 2.05) is 0 Å². The van der Waals surface area contributed by atoms with Crippen LogP contribution in [0.1, 0.15) is 38.7 Å². The highest BCUT2D eigenvalue weighted by Crippen LogP contribution is 2.27. The second-order valence-electron chi connectivity index (χ2n) is 6.14. The molecule has 1 aromatic carbocycles. The fraction of sp³-hybridized carbons (Fsp3) is 0.625. The number of sulfonamides is 1. The van der Waals surface area contributed by atoms with Crippen molar-refractivity contribution in [2.75, 3.05) is 13.1 Å². The summed E-state index contributed by atoms with van der Waals surface area (Å²) in [6.07, 6.45) is 2.97. The minimum absolute atomic E-state index is 0.0693. The summed E-state index contributed by atoms with van der Waals surface area (Å²) in [5.74, 6) is 1.22.